The van der Waals surface area contributed by atoms with Gasteiger partial charge in [-0.1, -0.05) is 25.7 Å². The van der Waals surface area contributed by atoms with Gasteiger partial charge in [0.1, 0.15) is 0 Å². The van der Waals surface area contributed by atoms with E-state index in [1.54, 1.807) is 7.11 Å². The summed E-state index contributed by atoms with van der Waals surface area (Å²) in [4.78, 5) is 5.36. The predicted octanol–water partition coefficient (Wildman–Crippen LogP) is 2.34. The van der Waals surface area contributed by atoms with E-state index in [2.05, 4.69) is 12.0 Å². The van der Waals surface area contributed by atoms with Gasteiger partial charge in [-0.05, 0) is 19.8 Å². The quantitative estimate of drug-likeness (QED) is 0.558. The summed E-state index contributed by atoms with van der Waals surface area (Å²) in [5.74, 6) is 0. The minimum atomic E-state index is 0.398. The van der Waals surface area contributed by atoms with Crippen LogP contribution in [0.2, 0.25) is 0 Å². The van der Waals surface area contributed by atoms with Gasteiger partial charge in [0, 0.05) is 0 Å². The minimum absolute atomic E-state index is 0.398. The first-order valence-corrected chi connectivity index (χ1v) is 5.12. The van der Waals surface area contributed by atoms with Crippen molar-refractivity contribution in [3.8, 4) is 0 Å². The second kappa shape index (κ2) is 3.00. The highest BCUT2D eigenvalue weighted by molar-refractivity contribution is 5.10. The number of rotatable bonds is 1. The van der Waals surface area contributed by atoms with Crippen LogP contribution in [-0.2, 0) is 4.84 Å². The van der Waals surface area contributed by atoms with Gasteiger partial charge in [0.25, 0.3) is 0 Å². The van der Waals surface area contributed by atoms with E-state index in [1.807, 2.05) is 0 Å². The van der Waals surface area contributed by atoms with E-state index >= 15 is 0 Å². The molecule has 1 aliphatic carbocycles. The smallest absolute Gasteiger partial charge is 0.0617 e. The molecule has 2 aliphatic rings. The van der Waals surface area contributed by atoms with E-state index in [-0.39, 0.29) is 0 Å². The molecule has 3 unspecified atom stereocenters. The summed E-state index contributed by atoms with van der Waals surface area (Å²) in [6.45, 7) is 2.34. The summed E-state index contributed by atoms with van der Waals surface area (Å²) in [6.07, 6.45) is 8.27. The molecule has 3 atom stereocenters. The summed E-state index contributed by atoms with van der Waals surface area (Å²) in [5.41, 5.74) is 0.398. The van der Waals surface area contributed by atoms with Gasteiger partial charge < -0.3 is 4.84 Å². The highest BCUT2D eigenvalue weighted by atomic mass is 16.7. The number of hydrogen-bond acceptors (Lipinski definition) is 2. The van der Waals surface area contributed by atoms with Gasteiger partial charge in [-0.2, -0.15) is 5.06 Å². The lowest BCUT2D eigenvalue weighted by molar-refractivity contribution is -0.0641. The summed E-state index contributed by atoms with van der Waals surface area (Å²) < 4.78 is 0. The molecule has 0 bridgehead atoms. The highest BCUT2D eigenvalue weighted by Gasteiger charge is 2.59. The summed E-state index contributed by atoms with van der Waals surface area (Å²) in [7, 11) is 1.80. The van der Waals surface area contributed by atoms with Gasteiger partial charge in [-0.25, -0.2) is 0 Å². The van der Waals surface area contributed by atoms with E-state index in [0.717, 1.165) is 6.04 Å². The molecule has 1 aliphatic heterocycles. The molecule has 0 aromatic carbocycles. The molecule has 2 rings (SSSR count). The van der Waals surface area contributed by atoms with Gasteiger partial charge in [-0.15, -0.1) is 0 Å². The summed E-state index contributed by atoms with van der Waals surface area (Å²) in [6, 6.07) is 0.725. The Morgan fingerprint density at radius 1 is 1.25 bits per heavy atom. The molecule has 12 heavy (non-hydrogen) atoms. The normalized spacial score (nSPS) is 47.5. The largest absolute Gasteiger partial charge is 0.301 e. The van der Waals surface area contributed by atoms with Crippen LogP contribution in [0.25, 0.3) is 0 Å². The molecule has 0 N–H and O–H groups in total. The standard InChI is InChI=1S/C10H19NO/c1-10-8-6-4-3-5-7-9(10)11(10)12-2/h9H,3-8H2,1-2H3. The van der Waals surface area contributed by atoms with E-state index in [0.29, 0.717) is 5.54 Å². The van der Waals surface area contributed by atoms with Gasteiger partial charge in [-0.3, -0.25) is 0 Å². The molecule has 2 fully saturated rings. The Bertz CT molecular complexity index is 171. The van der Waals surface area contributed by atoms with E-state index in [9.17, 15) is 0 Å². The van der Waals surface area contributed by atoms with Crippen molar-refractivity contribution in [2.24, 2.45) is 0 Å². The second-order valence-corrected chi connectivity index (χ2v) is 4.33. The monoisotopic (exact) mass is 169 g/mol. The average molecular weight is 169 g/mol. The van der Waals surface area contributed by atoms with Crippen LogP contribution in [0.1, 0.15) is 45.4 Å². The van der Waals surface area contributed by atoms with Crippen LogP contribution in [0, 0.1) is 0 Å². The van der Waals surface area contributed by atoms with Crippen LogP contribution in [0.3, 0.4) is 0 Å². The molecule has 0 amide bonds. The Labute approximate surface area is 74.8 Å². The van der Waals surface area contributed by atoms with Crippen LogP contribution >= 0.6 is 0 Å². The lowest BCUT2D eigenvalue weighted by Crippen LogP contribution is -2.14. The molecule has 1 saturated carbocycles. The fraction of sp³-hybridized carbons (Fsp3) is 1.00. The van der Waals surface area contributed by atoms with Crippen LogP contribution in [0.5, 0.6) is 0 Å². The van der Waals surface area contributed by atoms with Crippen molar-refractivity contribution in [3.05, 3.63) is 0 Å². The second-order valence-electron chi connectivity index (χ2n) is 4.33. The molecule has 0 aromatic heterocycles. The summed E-state index contributed by atoms with van der Waals surface area (Å²) in [5, 5.41) is 2.19. The molecule has 2 nitrogen and oxygen atoms in total. The van der Waals surface area contributed by atoms with Crippen molar-refractivity contribution < 1.29 is 4.84 Å². The van der Waals surface area contributed by atoms with Crippen molar-refractivity contribution >= 4 is 0 Å². The Morgan fingerprint density at radius 2 is 2.00 bits per heavy atom. The Balaban J connectivity index is 1.98. The molecule has 1 saturated heterocycles. The van der Waals surface area contributed by atoms with Crippen LogP contribution < -0.4 is 0 Å². The third-order valence-electron chi connectivity index (χ3n) is 3.54. The Hall–Kier alpha value is -0.0800. The topological polar surface area (TPSA) is 12.2 Å². The molecular weight excluding hydrogens is 150 g/mol. The first kappa shape index (κ1) is 8.52. The first-order chi connectivity index (χ1) is 5.79. The Kier molecular flexibility index (Phi) is 2.13. The number of hydrogen-bond donors (Lipinski definition) is 0. The number of hydroxylamine groups is 2. The van der Waals surface area contributed by atoms with Crippen molar-refractivity contribution in [1.82, 2.24) is 5.06 Å². The molecule has 0 radical (unpaired) electrons. The Morgan fingerprint density at radius 3 is 2.75 bits per heavy atom. The summed E-state index contributed by atoms with van der Waals surface area (Å²) >= 11 is 0. The molecule has 1 heterocycles. The third-order valence-corrected chi connectivity index (χ3v) is 3.54. The first-order valence-electron chi connectivity index (χ1n) is 5.12. The van der Waals surface area contributed by atoms with E-state index < -0.39 is 0 Å². The van der Waals surface area contributed by atoms with Crippen molar-refractivity contribution in [3.63, 3.8) is 0 Å². The van der Waals surface area contributed by atoms with Gasteiger partial charge >= 0.3 is 0 Å². The van der Waals surface area contributed by atoms with Crippen molar-refractivity contribution in [1.29, 1.82) is 0 Å². The molecule has 2 heteroatoms. The van der Waals surface area contributed by atoms with E-state index in [1.165, 1.54) is 38.5 Å². The van der Waals surface area contributed by atoms with Gasteiger partial charge in [0.05, 0.1) is 18.7 Å². The van der Waals surface area contributed by atoms with Crippen molar-refractivity contribution in [2.75, 3.05) is 7.11 Å². The van der Waals surface area contributed by atoms with E-state index in [4.69, 9.17) is 4.84 Å². The third kappa shape index (κ3) is 1.17. The minimum Gasteiger partial charge on any atom is -0.301 e. The fourth-order valence-corrected chi connectivity index (χ4v) is 2.68. The molecule has 0 spiro atoms. The molecule has 0 aromatic rings. The maximum Gasteiger partial charge on any atom is 0.0617 e. The lowest BCUT2D eigenvalue weighted by atomic mass is 9.93. The number of fused-ring (bicyclic) bond motifs is 1. The zero-order valence-electron chi connectivity index (χ0n) is 8.18. The van der Waals surface area contributed by atoms with Gasteiger partial charge in [0.15, 0.2) is 0 Å². The highest BCUT2D eigenvalue weighted by Crippen LogP contribution is 2.48. The maximum absolute atomic E-state index is 5.36. The van der Waals surface area contributed by atoms with Crippen LogP contribution in [0.4, 0.5) is 0 Å². The fourth-order valence-electron chi connectivity index (χ4n) is 2.68. The van der Waals surface area contributed by atoms with Crippen LogP contribution in [0.15, 0.2) is 0 Å². The lowest BCUT2D eigenvalue weighted by Gasteiger charge is -2.11. The van der Waals surface area contributed by atoms with Crippen molar-refractivity contribution in [2.45, 2.75) is 57.0 Å². The van der Waals surface area contributed by atoms with Gasteiger partial charge in [0.2, 0.25) is 0 Å². The SMILES string of the molecule is CON1C2CCCCCCC21C. The average Bonchev–Trinajstić information content (AvgIpc) is 2.56. The number of nitrogens with zero attached hydrogens (tertiary/aromatic N) is 1. The van der Waals surface area contributed by atoms with Crippen LogP contribution in [-0.4, -0.2) is 23.8 Å². The molecular formula is C10H19NO. The predicted molar refractivity (Wildman–Crippen MR) is 48.7 cm³/mol. The molecule has 70 valence electrons. The zero-order valence-corrected chi connectivity index (χ0v) is 8.18. The zero-order chi connectivity index (χ0) is 8.60. The maximum atomic E-state index is 5.36.